The number of nitrogens with zero attached hydrogens (tertiary/aromatic N) is 2. The Morgan fingerprint density at radius 2 is 1.94 bits per heavy atom. The smallest absolute Gasteiger partial charge is 0.193 e. The quantitative estimate of drug-likeness (QED) is 0.376. The van der Waals surface area contributed by atoms with Crippen molar-refractivity contribution in [3.8, 4) is 0 Å². The molecule has 1 aromatic carbocycles. The fraction of sp³-hybridized carbons (Fsp3) is 0.462. The highest BCUT2D eigenvalue weighted by molar-refractivity contribution is 14.0. The predicted molar refractivity (Wildman–Crippen MR) is 86.6 cm³/mol. The van der Waals surface area contributed by atoms with Crippen LogP contribution in [-0.4, -0.2) is 45.2 Å². The van der Waals surface area contributed by atoms with Crippen LogP contribution in [0.15, 0.2) is 35.3 Å². The van der Waals surface area contributed by atoms with Gasteiger partial charge in [0.1, 0.15) is 0 Å². The molecule has 1 N–H and O–H groups in total. The van der Waals surface area contributed by atoms with Crippen LogP contribution < -0.4 is 5.32 Å². The molecule has 0 bridgehead atoms. The van der Waals surface area contributed by atoms with Crippen molar-refractivity contribution in [1.29, 1.82) is 0 Å². The maximum Gasteiger partial charge on any atom is 0.193 e. The lowest BCUT2D eigenvalue weighted by Gasteiger charge is -2.17. The van der Waals surface area contributed by atoms with Gasteiger partial charge < -0.3 is 15.0 Å². The van der Waals surface area contributed by atoms with Crippen molar-refractivity contribution in [1.82, 2.24) is 10.2 Å². The number of aliphatic imine (C=N–C) groups is 1. The summed E-state index contributed by atoms with van der Waals surface area (Å²) in [7, 11) is 5.64. The first-order valence-corrected chi connectivity index (χ1v) is 5.72. The molecule has 0 aromatic heterocycles. The summed E-state index contributed by atoms with van der Waals surface area (Å²) in [4.78, 5) is 6.51. The molecule has 0 aliphatic carbocycles. The van der Waals surface area contributed by atoms with Crippen molar-refractivity contribution in [2.75, 3.05) is 34.4 Å². The van der Waals surface area contributed by atoms with E-state index in [0.29, 0.717) is 13.2 Å². The topological polar surface area (TPSA) is 36.9 Å². The number of guanidine groups is 1. The zero-order valence-corrected chi connectivity index (χ0v) is 13.5. The second-order valence-corrected chi connectivity index (χ2v) is 3.94. The largest absolute Gasteiger partial charge is 0.383 e. The number of ether oxygens (including phenoxy) is 1. The first kappa shape index (κ1) is 17.2. The second kappa shape index (κ2) is 10.1. The Balaban J connectivity index is 0.00000289. The lowest BCUT2D eigenvalue weighted by molar-refractivity contribution is 0.203. The molecule has 18 heavy (non-hydrogen) atoms. The van der Waals surface area contributed by atoms with Gasteiger partial charge in [0.2, 0.25) is 0 Å². The van der Waals surface area contributed by atoms with E-state index in [4.69, 9.17) is 4.74 Å². The van der Waals surface area contributed by atoms with E-state index in [9.17, 15) is 0 Å². The third-order valence-corrected chi connectivity index (χ3v) is 2.27. The Bertz CT molecular complexity index is 341. The van der Waals surface area contributed by atoms with Gasteiger partial charge in [-0.25, -0.2) is 4.99 Å². The summed E-state index contributed by atoms with van der Waals surface area (Å²) in [5.74, 6) is 0.880. The Labute approximate surface area is 126 Å². The molecule has 5 heteroatoms. The van der Waals surface area contributed by atoms with Crippen LogP contribution in [0.2, 0.25) is 0 Å². The minimum absolute atomic E-state index is 0. The highest BCUT2D eigenvalue weighted by Crippen LogP contribution is 2.00. The summed E-state index contributed by atoms with van der Waals surface area (Å²) in [6.45, 7) is 2.13. The molecule has 0 atom stereocenters. The summed E-state index contributed by atoms with van der Waals surface area (Å²) < 4.78 is 5.00. The molecular weight excluding hydrogens is 341 g/mol. The van der Waals surface area contributed by atoms with Crippen molar-refractivity contribution in [3.63, 3.8) is 0 Å². The number of methoxy groups -OCH3 is 1. The number of hydrogen-bond donors (Lipinski definition) is 1. The molecule has 1 rings (SSSR count). The first-order chi connectivity index (χ1) is 8.24. The van der Waals surface area contributed by atoms with E-state index in [1.54, 1.807) is 7.11 Å². The molecule has 0 unspecified atom stereocenters. The molecule has 4 nitrogen and oxygen atoms in total. The molecule has 0 aliphatic heterocycles. The van der Waals surface area contributed by atoms with Crippen molar-refractivity contribution in [3.05, 3.63) is 35.9 Å². The van der Waals surface area contributed by atoms with Gasteiger partial charge in [-0.2, -0.15) is 0 Å². The van der Waals surface area contributed by atoms with E-state index in [1.807, 2.05) is 37.2 Å². The minimum Gasteiger partial charge on any atom is -0.383 e. The highest BCUT2D eigenvalue weighted by Gasteiger charge is 2.00. The van der Waals surface area contributed by atoms with E-state index in [-0.39, 0.29) is 24.0 Å². The summed E-state index contributed by atoms with van der Waals surface area (Å²) in [6.07, 6.45) is 0. The van der Waals surface area contributed by atoms with Crippen LogP contribution in [-0.2, 0) is 11.3 Å². The number of hydrogen-bond acceptors (Lipinski definition) is 2. The minimum atomic E-state index is 0. The third-order valence-electron chi connectivity index (χ3n) is 2.27. The third kappa shape index (κ3) is 6.80. The van der Waals surface area contributed by atoms with E-state index in [1.165, 1.54) is 5.56 Å². The van der Waals surface area contributed by atoms with Gasteiger partial charge in [0.25, 0.3) is 0 Å². The molecule has 0 aliphatic rings. The Morgan fingerprint density at radius 1 is 1.28 bits per heavy atom. The van der Waals surface area contributed by atoms with Gasteiger partial charge in [-0.05, 0) is 5.56 Å². The molecule has 0 saturated heterocycles. The summed E-state index contributed by atoms with van der Waals surface area (Å²) in [5, 5.41) is 3.24. The van der Waals surface area contributed by atoms with E-state index in [0.717, 1.165) is 12.5 Å². The van der Waals surface area contributed by atoms with Gasteiger partial charge in [-0.1, -0.05) is 30.3 Å². The predicted octanol–water partition coefficient (Wildman–Crippen LogP) is 1.96. The fourth-order valence-electron chi connectivity index (χ4n) is 1.37. The maximum atomic E-state index is 5.00. The lowest BCUT2D eigenvalue weighted by atomic mass is 10.2. The van der Waals surface area contributed by atoms with Gasteiger partial charge in [-0.3, -0.25) is 0 Å². The number of nitrogens with one attached hydrogen (secondary N) is 1. The molecule has 0 spiro atoms. The molecule has 0 amide bonds. The van der Waals surface area contributed by atoms with Crippen molar-refractivity contribution in [2.45, 2.75) is 6.54 Å². The Kier molecular flexibility index (Phi) is 9.67. The molecule has 102 valence electrons. The molecular formula is C13H22IN3O. The number of halogens is 1. The number of rotatable bonds is 5. The van der Waals surface area contributed by atoms with E-state index >= 15 is 0 Å². The maximum absolute atomic E-state index is 5.00. The zero-order valence-electron chi connectivity index (χ0n) is 11.2. The van der Waals surface area contributed by atoms with Crippen molar-refractivity contribution in [2.24, 2.45) is 4.99 Å². The SMILES string of the molecule is COCCNC(=NCc1ccccc1)N(C)C.I. The van der Waals surface area contributed by atoms with Gasteiger partial charge in [0, 0.05) is 27.7 Å². The molecule has 1 aromatic rings. The average Bonchev–Trinajstić information content (AvgIpc) is 2.34. The zero-order chi connectivity index (χ0) is 12.5. The summed E-state index contributed by atoms with van der Waals surface area (Å²) >= 11 is 0. The van der Waals surface area contributed by atoms with E-state index in [2.05, 4.69) is 22.4 Å². The van der Waals surface area contributed by atoms with Crippen LogP contribution >= 0.6 is 24.0 Å². The molecule has 0 fully saturated rings. The second-order valence-electron chi connectivity index (χ2n) is 3.94. The van der Waals surface area contributed by atoms with E-state index < -0.39 is 0 Å². The molecule has 0 heterocycles. The normalized spacial score (nSPS) is 10.7. The summed E-state index contributed by atoms with van der Waals surface area (Å²) in [5.41, 5.74) is 1.21. The van der Waals surface area contributed by atoms with Crippen LogP contribution in [0.3, 0.4) is 0 Å². The van der Waals surface area contributed by atoms with Gasteiger partial charge in [0.15, 0.2) is 5.96 Å². The first-order valence-electron chi connectivity index (χ1n) is 5.72. The van der Waals surface area contributed by atoms with Gasteiger partial charge in [-0.15, -0.1) is 24.0 Å². The Morgan fingerprint density at radius 3 is 2.50 bits per heavy atom. The monoisotopic (exact) mass is 363 g/mol. The number of benzene rings is 1. The van der Waals surface area contributed by atoms with Crippen LogP contribution in [0.4, 0.5) is 0 Å². The van der Waals surface area contributed by atoms with Crippen LogP contribution in [0.25, 0.3) is 0 Å². The van der Waals surface area contributed by atoms with Gasteiger partial charge in [0.05, 0.1) is 13.2 Å². The van der Waals surface area contributed by atoms with Crippen molar-refractivity contribution < 1.29 is 4.74 Å². The molecule has 0 saturated carbocycles. The highest BCUT2D eigenvalue weighted by atomic mass is 127. The standard InChI is InChI=1S/C13H21N3O.HI/c1-16(2)13(14-9-10-17-3)15-11-12-7-5-4-6-8-12;/h4-8H,9-11H2,1-3H3,(H,14,15);1H. The Hall–Kier alpha value is -0.820. The lowest BCUT2D eigenvalue weighted by Crippen LogP contribution is -2.38. The van der Waals surface area contributed by atoms with Crippen LogP contribution in [0.5, 0.6) is 0 Å². The average molecular weight is 363 g/mol. The summed E-state index contributed by atoms with van der Waals surface area (Å²) in [6, 6.07) is 10.2. The molecule has 0 radical (unpaired) electrons. The van der Waals surface area contributed by atoms with Crippen molar-refractivity contribution >= 4 is 29.9 Å². The van der Waals surface area contributed by atoms with Crippen LogP contribution in [0, 0.1) is 0 Å². The van der Waals surface area contributed by atoms with Crippen LogP contribution in [0.1, 0.15) is 5.56 Å². The van der Waals surface area contributed by atoms with Gasteiger partial charge >= 0.3 is 0 Å². The fourth-order valence-corrected chi connectivity index (χ4v) is 1.37.